The van der Waals surface area contributed by atoms with E-state index < -0.39 is 28.0 Å². The monoisotopic (exact) mass is 544 g/mol. The van der Waals surface area contributed by atoms with Gasteiger partial charge in [-0.3, -0.25) is 14.9 Å². The Morgan fingerprint density at radius 3 is 2.66 bits per heavy atom. The number of fused-ring (bicyclic) bond motifs is 1. The Morgan fingerprint density at radius 1 is 1.31 bits per heavy atom. The molecule has 0 spiro atoms. The van der Waals surface area contributed by atoms with E-state index in [0.29, 0.717) is 21.2 Å². The van der Waals surface area contributed by atoms with Gasteiger partial charge in [0.25, 0.3) is 5.56 Å². The summed E-state index contributed by atoms with van der Waals surface area (Å²) in [5, 5.41) is 16.4. The Bertz CT molecular complexity index is 1380. The third-order valence-electron chi connectivity index (χ3n) is 4.93. The van der Waals surface area contributed by atoms with Gasteiger partial charge >= 0.3 is 11.7 Å². The zero-order chi connectivity index (χ0) is 25.9. The van der Waals surface area contributed by atoms with E-state index in [0.717, 1.165) is 0 Å². The van der Waals surface area contributed by atoms with Crippen molar-refractivity contribution in [3.63, 3.8) is 0 Å². The smallest absolute Gasteiger partial charge is 0.347 e. The fraction of sp³-hybridized carbons (Fsp3) is 0.333. The predicted octanol–water partition coefficient (Wildman–Crippen LogP) is 4.58. The number of carbonyl (C=O) groups excluding carboxylic acids is 1. The van der Waals surface area contributed by atoms with E-state index in [2.05, 4.69) is 26.0 Å². The number of nitrogens with zero attached hydrogens (tertiary/aromatic N) is 4. The lowest BCUT2D eigenvalue weighted by Gasteiger charge is -2.21. The Hall–Kier alpha value is -3.60. The van der Waals surface area contributed by atoms with Crippen LogP contribution in [0.2, 0.25) is 0 Å². The van der Waals surface area contributed by atoms with Crippen molar-refractivity contribution >= 4 is 44.7 Å². The van der Waals surface area contributed by atoms with Crippen molar-refractivity contribution in [2.75, 3.05) is 6.61 Å². The molecule has 0 unspecified atom stereocenters. The van der Waals surface area contributed by atoms with Crippen LogP contribution in [0.1, 0.15) is 46.0 Å². The molecule has 2 aromatic carbocycles. The number of nitro benzene ring substituents is 1. The van der Waals surface area contributed by atoms with E-state index in [-0.39, 0.29) is 23.6 Å². The lowest BCUT2D eigenvalue weighted by atomic mass is 9.95. The van der Waals surface area contributed by atoms with Gasteiger partial charge in [0.2, 0.25) is 5.75 Å². The van der Waals surface area contributed by atoms with Gasteiger partial charge in [0.05, 0.1) is 28.6 Å². The number of rotatable bonds is 7. The van der Waals surface area contributed by atoms with Gasteiger partial charge in [-0.2, -0.15) is 9.78 Å². The Labute approximate surface area is 209 Å². The second-order valence-corrected chi connectivity index (χ2v) is 9.59. The van der Waals surface area contributed by atoms with Gasteiger partial charge in [-0.25, -0.2) is 9.78 Å². The van der Waals surface area contributed by atoms with Crippen LogP contribution < -0.4 is 10.3 Å². The molecule has 0 bridgehead atoms. The SMILES string of the molecule is CCOC(=O)[C@H](C)Oc1c(C=Nn2c(C(C)(C)C)nc3ccc(Br)cc3c2=O)cccc1[N+](=O)[O-]. The number of halogens is 1. The summed E-state index contributed by atoms with van der Waals surface area (Å²) in [6, 6.07) is 9.46. The number of aromatic nitrogens is 2. The van der Waals surface area contributed by atoms with Crippen LogP contribution in [-0.4, -0.2) is 39.5 Å². The highest BCUT2D eigenvalue weighted by Crippen LogP contribution is 2.31. The lowest BCUT2D eigenvalue weighted by Crippen LogP contribution is -2.29. The van der Waals surface area contributed by atoms with Crippen LogP contribution in [0, 0.1) is 10.1 Å². The van der Waals surface area contributed by atoms with Gasteiger partial charge in [0.1, 0.15) is 5.82 Å². The molecule has 11 heteroatoms. The number of nitro groups is 1. The van der Waals surface area contributed by atoms with Crippen LogP contribution in [0.15, 0.2) is 50.8 Å². The van der Waals surface area contributed by atoms with Crippen molar-refractivity contribution in [1.82, 2.24) is 9.66 Å². The normalized spacial score (nSPS) is 12.6. The molecule has 0 N–H and O–H groups in total. The minimum Gasteiger partial charge on any atom is -0.471 e. The zero-order valence-corrected chi connectivity index (χ0v) is 21.5. The van der Waals surface area contributed by atoms with Crippen molar-refractivity contribution in [3.05, 3.63) is 72.7 Å². The van der Waals surface area contributed by atoms with E-state index in [4.69, 9.17) is 9.47 Å². The average Bonchev–Trinajstić information content (AvgIpc) is 2.78. The highest BCUT2D eigenvalue weighted by Gasteiger charge is 2.26. The lowest BCUT2D eigenvalue weighted by molar-refractivity contribution is -0.386. The summed E-state index contributed by atoms with van der Waals surface area (Å²) >= 11 is 3.37. The Morgan fingerprint density at radius 2 is 2.03 bits per heavy atom. The van der Waals surface area contributed by atoms with E-state index >= 15 is 0 Å². The van der Waals surface area contributed by atoms with Gasteiger partial charge < -0.3 is 9.47 Å². The molecule has 0 aliphatic rings. The fourth-order valence-electron chi connectivity index (χ4n) is 3.26. The van der Waals surface area contributed by atoms with Gasteiger partial charge in [-0.05, 0) is 38.1 Å². The molecule has 0 saturated carbocycles. The van der Waals surface area contributed by atoms with Crippen LogP contribution in [0.25, 0.3) is 10.9 Å². The van der Waals surface area contributed by atoms with E-state index in [1.807, 2.05) is 20.8 Å². The minimum atomic E-state index is -1.10. The van der Waals surface area contributed by atoms with Crippen LogP contribution in [0.3, 0.4) is 0 Å². The van der Waals surface area contributed by atoms with Crippen LogP contribution in [0.5, 0.6) is 5.75 Å². The molecule has 1 aromatic heterocycles. The first-order valence-electron chi connectivity index (χ1n) is 10.8. The highest BCUT2D eigenvalue weighted by atomic mass is 79.9. The van der Waals surface area contributed by atoms with Crippen molar-refractivity contribution < 1.29 is 19.2 Å². The number of para-hydroxylation sites is 1. The molecule has 3 rings (SSSR count). The van der Waals surface area contributed by atoms with Crippen LogP contribution in [-0.2, 0) is 14.9 Å². The van der Waals surface area contributed by atoms with E-state index in [1.54, 1.807) is 25.1 Å². The summed E-state index contributed by atoms with van der Waals surface area (Å²) in [4.78, 5) is 41.1. The largest absolute Gasteiger partial charge is 0.471 e. The first kappa shape index (κ1) is 26.0. The number of hydrogen-bond acceptors (Lipinski definition) is 8. The number of esters is 1. The van der Waals surface area contributed by atoms with Crippen LogP contribution >= 0.6 is 15.9 Å². The van der Waals surface area contributed by atoms with Crippen LogP contribution in [0.4, 0.5) is 5.69 Å². The Kier molecular flexibility index (Phi) is 7.69. The summed E-state index contributed by atoms with van der Waals surface area (Å²) in [5.74, 6) is -0.422. The molecule has 0 saturated heterocycles. The highest BCUT2D eigenvalue weighted by molar-refractivity contribution is 9.10. The molecule has 0 fully saturated rings. The molecule has 0 amide bonds. The molecule has 10 nitrogen and oxygen atoms in total. The summed E-state index contributed by atoms with van der Waals surface area (Å²) in [7, 11) is 0. The van der Waals surface area contributed by atoms with E-state index in [9.17, 15) is 19.7 Å². The first-order chi connectivity index (χ1) is 16.4. The van der Waals surface area contributed by atoms with Crippen molar-refractivity contribution in [2.24, 2.45) is 5.10 Å². The summed E-state index contributed by atoms with van der Waals surface area (Å²) in [6.45, 7) is 8.91. The maximum atomic E-state index is 13.4. The molecule has 0 radical (unpaired) electrons. The summed E-state index contributed by atoms with van der Waals surface area (Å²) < 4.78 is 12.5. The number of benzene rings is 2. The molecule has 35 heavy (non-hydrogen) atoms. The third-order valence-corrected chi connectivity index (χ3v) is 5.42. The van der Waals surface area contributed by atoms with Gasteiger partial charge in [0, 0.05) is 21.5 Å². The molecular weight excluding hydrogens is 520 g/mol. The first-order valence-corrected chi connectivity index (χ1v) is 11.6. The standard InChI is InChI=1S/C24H25BrN4O6/c1-6-34-22(31)14(2)35-20-15(8-7-9-19(20)29(32)33)13-26-28-21(30)17-12-16(25)10-11-18(17)27-23(28)24(3,4)5/h7-14H,6H2,1-5H3/t14-/m0/s1. The van der Waals surface area contributed by atoms with Gasteiger partial charge in [-0.1, -0.05) is 42.8 Å². The molecule has 3 aromatic rings. The quantitative estimate of drug-likeness (QED) is 0.184. The number of carbonyl (C=O) groups is 1. The summed E-state index contributed by atoms with van der Waals surface area (Å²) in [6.07, 6.45) is 0.179. The molecular formula is C24H25BrN4O6. The molecule has 1 atom stereocenters. The van der Waals surface area contributed by atoms with E-state index in [1.165, 1.54) is 36.0 Å². The maximum Gasteiger partial charge on any atom is 0.347 e. The second-order valence-electron chi connectivity index (χ2n) is 8.67. The zero-order valence-electron chi connectivity index (χ0n) is 19.9. The predicted molar refractivity (Wildman–Crippen MR) is 135 cm³/mol. The topological polar surface area (TPSA) is 126 Å². The van der Waals surface area contributed by atoms with Gasteiger partial charge in [-0.15, -0.1) is 0 Å². The Balaban J connectivity index is 2.18. The van der Waals surface area contributed by atoms with Crippen molar-refractivity contribution in [3.8, 4) is 5.75 Å². The third kappa shape index (κ3) is 5.73. The average molecular weight is 545 g/mol. The fourth-order valence-corrected chi connectivity index (χ4v) is 3.62. The molecule has 1 heterocycles. The van der Waals surface area contributed by atoms with Crippen molar-refractivity contribution in [1.29, 1.82) is 0 Å². The molecule has 184 valence electrons. The second kappa shape index (κ2) is 10.3. The number of ether oxygens (including phenoxy) is 2. The van der Waals surface area contributed by atoms with Gasteiger partial charge in [0.15, 0.2) is 6.10 Å². The molecule has 0 aliphatic carbocycles. The number of hydrogen-bond donors (Lipinski definition) is 0. The minimum absolute atomic E-state index is 0.140. The summed E-state index contributed by atoms with van der Waals surface area (Å²) in [5.41, 5.74) is -0.564. The van der Waals surface area contributed by atoms with Crippen molar-refractivity contribution in [2.45, 2.75) is 46.1 Å². The maximum absolute atomic E-state index is 13.4. The molecule has 0 aliphatic heterocycles.